The molecule has 0 saturated carbocycles. The minimum atomic E-state index is -1.09. The molecule has 0 aliphatic carbocycles. The van der Waals surface area contributed by atoms with Gasteiger partial charge < -0.3 is 15.7 Å². The molecule has 1 aromatic heterocycles. The number of aliphatic hydroxyl groups is 1. The van der Waals surface area contributed by atoms with Gasteiger partial charge in [-0.25, -0.2) is 4.98 Å². The molecule has 0 amide bonds. The van der Waals surface area contributed by atoms with E-state index in [2.05, 4.69) is 20.6 Å². The molecule has 0 atom stereocenters. The highest BCUT2D eigenvalue weighted by atomic mass is 16.6. The van der Waals surface area contributed by atoms with Crippen molar-refractivity contribution in [3.05, 3.63) is 16.3 Å². The number of rotatable bonds is 7. The van der Waals surface area contributed by atoms with E-state index in [0.717, 1.165) is 12.6 Å². The van der Waals surface area contributed by atoms with Crippen LogP contribution in [0.4, 0.5) is 17.5 Å². The third-order valence-corrected chi connectivity index (χ3v) is 3.46. The molecule has 1 heterocycles. The molecule has 0 aliphatic heterocycles. The van der Waals surface area contributed by atoms with Gasteiger partial charge in [-0.15, -0.1) is 0 Å². The summed E-state index contributed by atoms with van der Waals surface area (Å²) in [5.74, 6) is 0.400. The maximum absolute atomic E-state index is 11.1. The third kappa shape index (κ3) is 4.25. The van der Waals surface area contributed by atoms with E-state index in [1.54, 1.807) is 27.7 Å². The van der Waals surface area contributed by atoms with E-state index in [1.165, 1.54) is 0 Å². The summed E-state index contributed by atoms with van der Waals surface area (Å²) in [7, 11) is 0. The molecule has 21 heavy (non-hydrogen) atoms. The first-order chi connectivity index (χ1) is 9.58. The minimum Gasteiger partial charge on any atom is -0.388 e. The lowest BCUT2D eigenvalue weighted by Gasteiger charge is -2.38. The third-order valence-electron chi connectivity index (χ3n) is 3.46. The maximum atomic E-state index is 11.1. The van der Waals surface area contributed by atoms with Crippen LogP contribution in [-0.2, 0) is 0 Å². The van der Waals surface area contributed by atoms with Crippen molar-refractivity contribution in [2.24, 2.45) is 0 Å². The summed E-state index contributed by atoms with van der Waals surface area (Å²) in [6, 6.07) is 0. The van der Waals surface area contributed by atoms with Crippen molar-refractivity contribution in [2.45, 2.75) is 52.2 Å². The highest BCUT2D eigenvalue weighted by molar-refractivity contribution is 5.58. The van der Waals surface area contributed by atoms with Gasteiger partial charge in [-0.2, -0.15) is 4.98 Å². The molecular weight excluding hydrogens is 274 g/mol. The number of hydrogen-bond donors (Lipinski definition) is 3. The largest absolute Gasteiger partial charge is 0.388 e. The predicted molar refractivity (Wildman–Crippen MR) is 81.5 cm³/mol. The molecule has 0 saturated heterocycles. The van der Waals surface area contributed by atoms with Gasteiger partial charge >= 0.3 is 5.69 Å². The second kappa shape index (κ2) is 6.21. The number of aromatic nitrogens is 2. The summed E-state index contributed by atoms with van der Waals surface area (Å²) in [6.45, 7) is 9.42. The summed E-state index contributed by atoms with van der Waals surface area (Å²) in [4.78, 5) is 18.6. The van der Waals surface area contributed by atoms with Crippen LogP contribution < -0.4 is 10.6 Å². The first kappa shape index (κ1) is 17.1. The van der Waals surface area contributed by atoms with E-state index >= 15 is 0 Å². The zero-order valence-electron chi connectivity index (χ0n) is 13.1. The molecule has 3 N–H and O–H groups in total. The fraction of sp³-hybridized carbons (Fsp3) is 0.692. The number of nitrogens with one attached hydrogen (secondary N) is 2. The molecule has 0 fully saturated rings. The zero-order valence-corrected chi connectivity index (χ0v) is 13.1. The normalized spacial score (nSPS) is 12.1. The monoisotopic (exact) mass is 297 g/mol. The van der Waals surface area contributed by atoms with Crippen LogP contribution in [0.3, 0.4) is 0 Å². The Bertz CT molecular complexity index is 511. The van der Waals surface area contributed by atoms with Crippen molar-refractivity contribution in [1.29, 1.82) is 0 Å². The first-order valence-electron chi connectivity index (χ1n) is 6.84. The second-order valence-electron chi connectivity index (χ2n) is 5.92. The Hall–Kier alpha value is -1.96. The van der Waals surface area contributed by atoms with Gasteiger partial charge in [0.1, 0.15) is 6.20 Å². The van der Waals surface area contributed by atoms with E-state index < -0.39 is 16.1 Å². The lowest BCUT2D eigenvalue weighted by Crippen LogP contribution is -2.51. The van der Waals surface area contributed by atoms with Crippen molar-refractivity contribution >= 4 is 17.5 Å². The van der Waals surface area contributed by atoms with Crippen molar-refractivity contribution in [2.75, 3.05) is 17.2 Å². The molecule has 0 spiro atoms. The Morgan fingerprint density at radius 1 is 1.38 bits per heavy atom. The van der Waals surface area contributed by atoms with E-state index in [4.69, 9.17) is 0 Å². The summed E-state index contributed by atoms with van der Waals surface area (Å²) < 4.78 is 0. The average Bonchev–Trinajstić information content (AvgIpc) is 2.34. The van der Waals surface area contributed by atoms with Gasteiger partial charge in [0.15, 0.2) is 0 Å². The summed E-state index contributed by atoms with van der Waals surface area (Å²) in [5.41, 5.74) is -2.13. The summed E-state index contributed by atoms with van der Waals surface area (Å²) in [5, 5.41) is 27.2. The maximum Gasteiger partial charge on any atom is 0.329 e. The van der Waals surface area contributed by atoms with E-state index in [-0.39, 0.29) is 11.5 Å². The molecule has 8 nitrogen and oxygen atoms in total. The Morgan fingerprint density at radius 3 is 2.48 bits per heavy atom. The van der Waals surface area contributed by atoms with Crippen molar-refractivity contribution < 1.29 is 10.0 Å². The molecule has 1 rings (SSSR count). The van der Waals surface area contributed by atoms with Gasteiger partial charge in [0.2, 0.25) is 11.8 Å². The predicted octanol–water partition coefficient (Wildman–Crippen LogP) is 2.17. The summed E-state index contributed by atoms with van der Waals surface area (Å²) in [6.07, 6.45) is 2.05. The van der Waals surface area contributed by atoms with Gasteiger partial charge in [-0.05, 0) is 34.1 Å². The SMILES string of the molecule is CCCNc1ncc([N+](=O)[O-])c(NC(C)(C)C(C)(C)O)n1. The molecule has 0 radical (unpaired) electrons. The highest BCUT2D eigenvalue weighted by Crippen LogP contribution is 2.30. The van der Waals surface area contributed by atoms with E-state index in [0.29, 0.717) is 12.5 Å². The van der Waals surface area contributed by atoms with Crippen LogP contribution in [-0.4, -0.2) is 37.7 Å². The molecule has 0 aliphatic rings. The van der Waals surface area contributed by atoms with E-state index in [1.807, 2.05) is 6.92 Å². The van der Waals surface area contributed by atoms with Crippen LogP contribution in [0.2, 0.25) is 0 Å². The van der Waals surface area contributed by atoms with E-state index in [9.17, 15) is 15.2 Å². The highest BCUT2D eigenvalue weighted by Gasteiger charge is 2.37. The summed E-state index contributed by atoms with van der Waals surface area (Å²) >= 11 is 0. The Kier molecular flexibility index (Phi) is 5.06. The smallest absolute Gasteiger partial charge is 0.329 e. The molecular formula is C13H23N5O3. The molecule has 1 aromatic rings. The van der Waals surface area contributed by atoms with Crippen LogP contribution >= 0.6 is 0 Å². The fourth-order valence-electron chi connectivity index (χ4n) is 1.37. The topological polar surface area (TPSA) is 113 Å². The van der Waals surface area contributed by atoms with Gasteiger partial charge in [-0.1, -0.05) is 6.92 Å². The van der Waals surface area contributed by atoms with Crippen LogP contribution in [0.5, 0.6) is 0 Å². The molecule has 0 bridgehead atoms. The van der Waals surface area contributed by atoms with Gasteiger partial charge in [-0.3, -0.25) is 10.1 Å². The lowest BCUT2D eigenvalue weighted by molar-refractivity contribution is -0.384. The van der Waals surface area contributed by atoms with Crippen molar-refractivity contribution in [3.63, 3.8) is 0 Å². The quantitative estimate of drug-likeness (QED) is 0.522. The standard InChI is InChI=1S/C13H23N5O3/c1-6-7-14-11-15-8-9(18(20)21)10(16-11)17-12(2,3)13(4,5)19/h8,19H,6-7H2,1-5H3,(H2,14,15,16,17). The van der Waals surface area contributed by atoms with Crippen LogP contribution in [0.25, 0.3) is 0 Å². The van der Waals surface area contributed by atoms with Crippen LogP contribution in [0.15, 0.2) is 6.20 Å². The number of anilines is 2. The molecule has 118 valence electrons. The molecule has 0 aromatic carbocycles. The molecule has 0 unspecified atom stereocenters. The Balaban J connectivity index is 3.15. The number of hydrogen-bond acceptors (Lipinski definition) is 7. The number of nitro groups is 1. The van der Waals surface area contributed by atoms with Gasteiger partial charge in [0.05, 0.1) is 16.1 Å². The zero-order chi connectivity index (χ0) is 16.3. The van der Waals surface area contributed by atoms with Gasteiger partial charge in [0.25, 0.3) is 0 Å². The van der Waals surface area contributed by atoms with Crippen molar-refractivity contribution in [3.8, 4) is 0 Å². The van der Waals surface area contributed by atoms with Crippen LogP contribution in [0, 0.1) is 10.1 Å². The fourth-order valence-corrected chi connectivity index (χ4v) is 1.37. The number of nitrogens with zero attached hydrogens (tertiary/aromatic N) is 3. The van der Waals surface area contributed by atoms with Crippen molar-refractivity contribution in [1.82, 2.24) is 9.97 Å². The van der Waals surface area contributed by atoms with Crippen LogP contribution in [0.1, 0.15) is 41.0 Å². The lowest BCUT2D eigenvalue weighted by atomic mass is 9.86. The second-order valence-corrected chi connectivity index (χ2v) is 5.92. The first-order valence-corrected chi connectivity index (χ1v) is 6.84. The Labute approximate surface area is 124 Å². The minimum absolute atomic E-state index is 0.0840. The average molecular weight is 297 g/mol. The van der Waals surface area contributed by atoms with Gasteiger partial charge in [0, 0.05) is 6.54 Å². The molecule has 8 heteroatoms. The Morgan fingerprint density at radius 2 is 2.00 bits per heavy atom.